The van der Waals surface area contributed by atoms with Crippen molar-refractivity contribution in [3.05, 3.63) is 58.0 Å². The number of benzene rings is 1. The molecule has 7 nitrogen and oxygen atoms in total. The minimum absolute atomic E-state index is 0.0197. The van der Waals surface area contributed by atoms with E-state index in [1.807, 2.05) is 4.90 Å². The molecule has 0 unspecified atom stereocenters. The first-order valence-electron chi connectivity index (χ1n) is 9.69. The van der Waals surface area contributed by atoms with Crippen molar-refractivity contribution in [1.29, 1.82) is 0 Å². The zero-order valence-corrected chi connectivity index (χ0v) is 18.2. The number of aromatic amines is 1. The lowest BCUT2D eigenvalue weighted by molar-refractivity contribution is -0.138. The van der Waals surface area contributed by atoms with Crippen molar-refractivity contribution in [2.24, 2.45) is 0 Å². The molecule has 1 aliphatic heterocycles. The average Bonchev–Trinajstić information content (AvgIpc) is 3.14. The van der Waals surface area contributed by atoms with Gasteiger partial charge in [0.2, 0.25) is 5.91 Å². The summed E-state index contributed by atoms with van der Waals surface area (Å²) in [7, 11) is 0. The molecule has 12 heteroatoms. The van der Waals surface area contributed by atoms with Gasteiger partial charge in [-0.25, -0.2) is 4.98 Å². The van der Waals surface area contributed by atoms with E-state index >= 15 is 0 Å². The number of amides is 1. The molecule has 32 heavy (non-hydrogen) atoms. The Kier molecular flexibility index (Phi) is 6.20. The van der Waals surface area contributed by atoms with Crippen LogP contribution in [0.1, 0.15) is 5.56 Å². The predicted molar refractivity (Wildman–Crippen MR) is 116 cm³/mol. The largest absolute Gasteiger partial charge is 0.417 e. The molecular formula is C20H18ClF3N6OS. The number of pyridine rings is 1. The molecule has 1 aromatic carbocycles. The monoisotopic (exact) mass is 482 g/mol. The number of hydrogen-bond donors (Lipinski definition) is 1. The van der Waals surface area contributed by atoms with Gasteiger partial charge >= 0.3 is 6.18 Å². The molecule has 1 N–H and O–H groups in total. The molecule has 0 saturated carbocycles. The summed E-state index contributed by atoms with van der Waals surface area (Å²) in [5.41, 5.74) is -0.0174. The maximum Gasteiger partial charge on any atom is 0.417 e. The molecule has 2 aromatic heterocycles. The molecule has 0 aliphatic carbocycles. The standard InChI is InChI=1S/C20H18ClF3N6OS/c21-15-4-1-13(2-5-15)18-26-27-19(32)30(18)12-17(31)29-9-7-28(8-10-29)16-6-3-14(11-25-16)20(22,23)24/h1-6,11H,7-10,12H2,(H,27,32). The molecule has 168 valence electrons. The third kappa shape index (κ3) is 4.78. The number of rotatable bonds is 4. The Balaban J connectivity index is 1.40. The number of piperazine rings is 1. The highest BCUT2D eigenvalue weighted by atomic mass is 35.5. The van der Waals surface area contributed by atoms with E-state index in [-0.39, 0.29) is 12.5 Å². The van der Waals surface area contributed by atoms with Crippen molar-refractivity contribution in [2.75, 3.05) is 31.1 Å². The summed E-state index contributed by atoms with van der Waals surface area (Å²) in [5, 5.41) is 7.53. The Hall–Kier alpha value is -2.92. The van der Waals surface area contributed by atoms with Gasteiger partial charge in [0.15, 0.2) is 10.6 Å². The zero-order valence-electron chi connectivity index (χ0n) is 16.6. The van der Waals surface area contributed by atoms with Crippen molar-refractivity contribution >= 4 is 35.5 Å². The van der Waals surface area contributed by atoms with E-state index in [4.69, 9.17) is 23.8 Å². The average molecular weight is 483 g/mol. The van der Waals surface area contributed by atoms with Gasteiger partial charge in [0.1, 0.15) is 12.4 Å². The van der Waals surface area contributed by atoms with Crippen LogP contribution in [0.3, 0.4) is 0 Å². The first kappa shape index (κ1) is 22.3. The van der Waals surface area contributed by atoms with Crippen LogP contribution in [0.15, 0.2) is 42.6 Å². The highest BCUT2D eigenvalue weighted by molar-refractivity contribution is 7.71. The molecule has 4 rings (SSSR count). The number of nitrogens with zero attached hydrogens (tertiary/aromatic N) is 5. The SMILES string of the molecule is O=C(Cn1c(-c2ccc(Cl)cc2)n[nH]c1=S)N1CCN(c2ccc(C(F)(F)F)cn2)CC1. The summed E-state index contributed by atoms with van der Waals surface area (Å²) < 4.78 is 40.1. The van der Waals surface area contributed by atoms with Gasteiger partial charge in [-0.05, 0) is 48.6 Å². The Labute approximate surface area is 191 Å². The minimum Gasteiger partial charge on any atom is -0.353 e. The molecule has 0 atom stereocenters. The van der Waals surface area contributed by atoms with Crippen molar-refractivity contribution in [3.8, 4) is 11.4 Å². The summed E-state index contributed by atoms with van der Waals surface area (Å²) in [6.07, 6.45) is -3.60. The number of H-pyrrole nitrogens is 1. The lowest BCUT2D eigenvalue weighted by Crippen LogP contribution is -2.49. The number of halogens is 4. The van der Waals surface area contributed by atoms with Gasteiger partial charge in [-0.1, -0.05) is 11.6 Å². The normalized spacial score (nSPS) is 14.6. The predicted octanol–water partition coefficient (Wildman–Crippen LogP) is 4.02. The Morgan fingerprint density at radius 2 is 1.78 bits per heavy atom. The molecule has 0 spiro atoms. The lowest BCUT2D eigenvalue weighted by Gasteiger charge is -2.35. The quantitative estimate of drug-likeness (QED) is 0.569. The molecule has 1 fully saturated rings. The second kappa shape index (κ2) is 8.91. The van der Waals surface area contributed by atoms with Crippen LogP contribution >= 0.6 is 23.8 Å². The van der Waals surface area contributed by atoms with Crippen LogP contribution in [0, 0.1) is 4.77 Å². The van der Waals surface area contributed by atoms with Crippen LogP contribution < -0.4 is 4.90 Å². The number of anilines is 1. The minimum atomic E-state index is -4.42. The van der Waals surface area contributed by atoms with Crippen LogP contribution in [0.25, 0.3) is 11.4 Å². The second-order valence-electron chi connectivity index (χ2n) is 7.22. The van der Waals surface area contributed by atoms with Crippen LogP contribution in [0.5, 0.6) is 0 Å². The summed E-state index contributed by atoms with van der Waals surface area (Å²) in [6, 6.07) is 9.42. The van der Waals surface area contributed by atoms with E-state index in [9.17, 15) is 18.0 Å². The highest BCUT2D eigenvalue weighted by Gasteiger charge is 2.31. The van der Waals surface area contributed by atoms with Gasteiger partial charge < -0.3 is 9.80 Å². The van der Waals surface area contributed by atoms with Crippen LogP contribution in [0.2, 0.25) is 5.02 Å². The van der Waals surface area contributed by atoms with Gasteiger partial charge in [-0.2, -0.15) is 18.3 Å². The van der Waals surface area contributed by atoms with Crippen molar-refractivity contribution in [3.63, 3.8) is 0 Å². The van der Waals surface area contributed by atoms with Gasteiger partial charge in [0, 0.05) is 43.0 Å². The molecule has 0 radical (unpaired) electrons. The Morgan fingerprint density at radius 3 is 2.38 bits per heavy atom. The lowest BCUT2D eigenvalue weighted by atomic mass is 10.2. The maximum absolute atomic E-state index is 12.9. The Morgan fingerprint density at radius 1 is 1.09 bits per heavy atom. The zero-order chi connectivity index (χ0) is 22.9. The number of carbonyl (C=O) groups is 1. The van der Waals surface area contributed by atoms with Crippen molar-refractivity contribution in [1.82, 2.24) is 24.6 Å². The number of hydrogen-bond acceptors (Lipinski definition) is 5. The molecule has 1 saturated heterocycles. The second-order valence-corrected chi connectivity index (χ2v) is 8.04. The van der Waals surface area contributed by atoms with E-state index in [0.717, 1.165) is 17.8 Å². The Bertz CT molecular complexity index is 1150. The van der Waals surface area contributed by atoms with Crippen LogP contribution in [-0.2, 0) is 17.5 Å². The fourth-order valence-corrected chi connectivity index (χ4v) is 3.77. The van der Waals surface area contributed by atoms with Crippen LogP contribution in [-0.4, -0.2) is 56.7 Å². The third-order valence-electron chi connectivity index (χ3n) is 5.19. The van der Waals surface area contributed by atoms with Gasteiger partial charge in [0.05, 0.1) is 5.56 Å². The third-order valence-corrected chi connectivity index (χ3v) is 5.75. The highest BCUT2D eigenvalue weighted by Crippen LogP contribution is 2.29. The number of alkyl halides is 3. The summed E-state index contributed by atoms with van der Waals surface area (Å²) in [6.45, 7) is 1.79. The van der Waals surface area contributed by atoms with E-state index in [1.54, 1.807) is 33.7 Å². The van der Waals surface area contributed by atoms with Gasteiger partial charge in [-0.3, -0.25) is 14.5 Å². The van der Waals surface area contributed by atoms with Crippen LogP contribution in [0.4, 0.5) is 19.0 Å². The fourth-order valence-electron chi connectivity index (χ4n) is 3.44. The van der Waals surface area contributed by atoms with E-state index in [1.165, 1.54) is 6.07 Å². The molecule has 0 bridgehead atoms. The first-order chi connectivity index (χ1) is 15.2. The molecule has 3 heterocycles. The molecular weight excluding hydrogens is 465 g/mol. The maximum atomic E-state index is 12.9. The number of nitrogens with one attached hydrogen (secondary N) is 1. The van der Waals surface area contributed by atoms with E-state index in [0.29, 0.717) is 47.6 Å². The smallest absolute Gasteiger partial charge is 0.353 e. The number of aromatic nitrogens is 4. The van der Waals surface area contributed by atoms with E-state index in [2.05, 4.69) is 15.2 Å². The molecule has 3 aromatic rings. The van der Waals surface area contributed by atoms with Gasteiger partial charge in [-0.15, -0.1) is 0 Å². The number of carbonyl (C=O) groups excluding carboxylic acids is 1. The van der Waals surface area contributed by atoms with Crippen molar-refractivity contribution in [2.45, 2.75) is 12.7 Å². The molecule has 1 aliphatic rings. The summed E-state index contributed by atoms with van der Waals surface area (Å²) >= 11 is 11.2. The van der Waals surface area contributed by atoms with Gasteiger partial charge in [0.25, 0.3) is 0 Å². The summed E-state index contributed by atoms with van der Waals surface area (Å²) in [5.74, 6) is 0.859. The van der Waals surface area contributed by atoms with E-state index < -0.39 is 11.7 Å². The molecule has 1 amide bonds. The first-order valence-corrected chi connectivity index (χ1v) is 10.5. The fraction of sp³-hybridized carbons (Fsp3) is 0.300. The summed E-state index contributed by atoms with van der Waals surface area (Å²) in [4.78, 5) is 20.4. The topological polar surface area (TPSA) is 70.1 Å². The van der Waals surface area contributed by atoms with Crippen molar-refractivity contribution < 1.29 is 18.0 Å².